The maximum Gasteiger partial charge on any atom is 0.338 e. The van der Waals surface area contributed by atoms with Crippen LogP contribution in [0.5, 0.6) is 11.5 Å². The third kappa shape index (κ3) is 8.03. The number of amides is 1. The Balaban J connectivity index is 1.25. The smallest absolute Gasteiger partial charge is 0.338 e. The van der Waals surface area contributed by atoms with Gasteiger partial charge in [0.1, 0.15) is 36.9 Å². The SMILES string of the molecule is C=CCOc1ccccc1[C@H](NC(=O)c1ccccc1)[C@@H](O)C(=O)O[C@H]1C[C@H]2[C@@H](OC(=O)c3ccccc3)c3c(cccc3OCC=C)CN2C1. The van der Waals surface area contributed by atoms with Gasteiger partial charge in [-0.1, -0.05) is 92.0 Å². The highest BCUT2D eigenvalue weighted by molar-refractivity contribution is 5.95. The molecule has 1 saturated heterocycles. The molecule has 1 amide bonds. The van der Waals surface area contributed by atoms with E-state index in [2.05, 4.69) is 23.4 Å². The Morgan fingerprint density at radius 3 is 2.14 bits per heavy atom. The van der Waals surface area contributed by atoms with Crippen molar-refractivity contribution in [3.8, 4) is 11.5 Å². The average Bonchev–Trinajstić information content (AvgIpc) is 3.57. The van der Waals surface area contributed by atoms with E-state index in [4.69, 9.17) is 18.9 Å². The predicted molar refractivity (Wildman–Crippen MR) is 190 cm³/mol. The number of carbonyl (C=O) groups is 3. The highest BCUT2D eigenvalue weighted by atomic mass is 16.6. The Kier molecular flexibility index (Phi) is 11.2. The zero-order valence-corrected chi connectivity index (χ0v) is 28.1. The number of aliphatic hydroxyl groups excluding tert-OH is 1. The molecule has 0 aliphatic carbocycles. The van der Waals surface area contributed by atoms with Crippen molar-refractivity contribution >= 4 is 17.8 Å². The van der Waals surface area contributed by atoms with Gasteiger partial charge >= 0.3 is 11.9 Å². The Morgan fingerprint density at radius 2 is 1.43 bits per heavy atom. The van der Waals surface area contributed by atoms with Gasteiger partial charge in [0.2, 0.25) is 0 Å². The monoisotopic (exact) mass is 688 g/mol. The molecule has 4 aromatic carbocycles. The number of fused-ring (bicyclic) bond motifs is 2. The summed E-state index contributed by atoms with van der Waals surface area (Å²) >= 11 is 0. The van der Waals surface area contributed by atoms with Crippen LogP contribution in [0.3, 0.4) is 0 Å². The van der Waals surface area contributed by atoms with Crippen molar-refractivity contribution in [1.82, 2.24) is 10.2 Å². The lowest BCUT2D eigenvalue weighted by Crippen LogP contribution is -2.42. The number of para-hydroxylation sites is 1. The van der Waals surface area contributed by atoms with Crippen LogP contribution in [0, 0.1) is 0 Å². The van der Waals surface area contributed by atoms with E-state index in [1.165, 1.54) is 0 Å². The molecule has 2 aliphatic rings. The zero-order valence-electron chi connectivity index (χ0n) is 28.1. The normalized spacial score (nSPS) is 19.0. The van der Waals surface area contributed by atoms with Crippen LogP contribution in [0.4, 0.5) is 0 Å². The number of hydrogen-bond donors (Lipinski definition) is 2. The van der Waals surface area contributed by atoms with Crippen LogP contribution in [-0.4, -0.2) is 65.9 Å². The van der Waals surface area contributed by atoms with Gasteiger partial charge in [-0.15, -0.1) is 0 Å². The molecule has 0 aromatic heterocycles. The fraction of sp³-hybridized carbons (Fsp3) is 0.244. The van der Waals surface area contributed by atoms with E-state index in [-0.39, 0.29) is 19.3 Å². The molecule has 5 atom stereocenters. The van der Waals surface area contributed by atoms with Gasteiger partial charge in [-0.05, 0) is 42.0 Å². The molecule has 262 valence electrons. The van der Waals surface area contributed by atoms with Gasteiger partial charge in [-0.3, -0.25) is 9.69 Å². The minimum absolute atomic E-state index is 0.176. The minimum Gasteiger partial charge on any atom is -0.489 e. The van der Waals surface area contributed by atoms with Crippen LogP contribution in [-0.2, 0) is 20.8 Å². The average molecular weight is 689 g/mol. The van der Waals surface area contributed by atoms with Gasteiger partial charge in [-0.2, -0.15) is 0 Å². The highest BCUT2D eigenvalue weighted by Gasteiger charge is 2.47. The molecule has 2 heterocycles. The van der Waals surface area contributed by atoms with E-state index < -0.39 is 42.2 Å². The first-order valence-corrected chi connectivity index (χ1v) is 16.8. The molecule has 6 rings (SSSR count). The molecule has 0 bridgehead atoms. The lowest BCUT2D eigenvalue weighted by Gasteiger charge is -2.38. The Bertz CT molecular complexity index is 1860. The van der Waals surface area contributed by atoms with Crippen molar-refractivity contribution < 1.29 is 38.4 Å². The fourth-order valence-corrected chi connectivity index (χ4v) is 6.63. The lowest BCUT2D eigenvalue weighted by atomic mass is 9.90. The van der Waals surface area contributed by atoms with Crippen LogP contribution >= 0.6 is 0 Å². The second-order valence-corrected chi connectivity index (χ2v) is 12.3. The summed E-state index contributed by atoms with van der Waals surface area (Å²) in [6, 6.07) is 28.2. The maximum atomic E-state index is 13.8. The largest absolute Gasteiger partial charge is 0.489 e. The molecular weight excluding hydrogens is 648 g/mol. The number of rotatable bonds is 14. The summed E-state index contributed by atoms with van der Waals surface area (Å²) in [5.74, 6) is -0.933. The molecule has 2 N–H and O–H groups in total. The second kappa shape index (κ2) is 16.3. The minimum atomic E-state index is -1.79. The standard InChI is InChI=1S/C41H40N2O8/c1-3-22-48-33-20-12-11-19-31(33)36(42-39(45)27-14-7-5-8-15-27)37(44)41(47)50-30-24-32-38(51-40(46)28-16-9-6-10-17-28)35-29(25-43(32)26-30)18-13-21-34(35)49-23-4-2/h3-21,30,32,36-38,44H,1-2,22-26H2,(H,42,45)/t30-,32-,36-,37+,38+/m0/s1. The molecule has 10 nitrogen and oxygen atoms in total. The fourth-order valence-electron chi connectivity index (χ4n) is 6.63. The maximum absolute atomic E-state index is 13.8. The third-order valence-corrected chi connectivity index (χ3v) is 8.95. The predicted octanol–water partition coefficient (Wildman–Crippen LogP) is 5.75. The summed E-state index contributed by atoms with van der Waals surface area (Å²) < 4.78 is 24.0. The quantitative estimate of drug-likeness (QED) is 0.126. The molecule has 4 aromatic rings. The summed E-state index contributed by atoms with van der Waals surface area (Å²) in [5.41, 5.74) is 2.84. The van der Waals surface area contributed by atoms with Crippen LogP contribution in [0.2, 0.25) is 0 Å². The van der Waals surface area contributed by atoms with Gasteiger partial charge < -0.3 is 29.4 Å². The molecule has 1 fully saturated rings. The van der Waals surface area contributed by atoms with Crippen molar-refractivity contribution in [3.63, 3.8) is 0 Å². The number of hydrogen-bond acceptors (Lipinski definition) is 9. The Hall–Kier alpha value is -5.71. The van der Waals surface area contributed by atoms with Crippen molar-refractivity contribution in [3.05, 3.63) is 156 Å². The molecule has 0 unspecified atom stereocenters. The highest BCUT2D eigenvalue weighted by Crippen LogP contribution is 2.45. The zero-order chi connectivity index (χ0) is 35.7. The van der Waals surface area contributed by atoms with Crippen LogP contribution in [0.15, 0.2) is 128 Å². The van der Waals surface area contributed by atoms with Gasteiger partial charge in [0.15, 0.2) is 6.10 Å². The lowest BCUT2D eigenvalue weighted by molar-refractivity contribution is -0.160. The van der Waals surface area contributed by atoms with Crippen LogP contribution < -0.4 is 14.8 Å². The summed E-state index contributed by atoms with van der Waals surface area (Å²) in [6.07, 6.45) is 0.371. The van der Waals surface area contributed by atoms with E-state index in [9.17, 15) is 19.5 Å². The summed E-state index contributed by atoms with van der Waals surface area (Å²) in [7, 11) is 0. The van der Waals surface area contributed by atoms with Crippen molar-refractivity contribution in [1.29, 1.82) is 0 Å². The van der Waals surface area contributed by atoms with Crippen molar-refractivity contribution in [2.45, 2.75) is 43.4 Å². The summed E-state index contributed by atoms with van der Waals surface area (Å²) in [5, 5.41) is 14.4. The third-order valence-electron chi connectivity index (χ3n) is 8.95. The summed E-state index contributed by atoms with van der Waals surface area (Å²) in [4.78, 5) is 42.6. The van der Waals surface area contributed by atoms with Crippen molar-refractivity contribution in [2.75, 3.05) is 19.8 Å². The number of carbonyl (C=O) groups excluding carboxylic acids is 3. The van der Waals surface area contributed by atoms with Gasteiger partial charge in [-0.25, -0.2) is 9.59 Å². The molecule has 0 spiro atoms. The molecule has 0 radical (unpaired) electrons. The number of aliphatic hydroxyl groups is 1. The number of esters is 2. The van der Waals surface area contributed by atoms with Crippen molar-refractivity contribution in [2.24, 2.45) is 0 Å². The second-order valence-electron chi connectivity index (χ2n) is 12.3. The van der Waals surface area contributed by atoms with E-state index in [1.807, 2.05) is 24.3 Å². The first kappa shape index (κ1) is 35.1. The Labute approximate surface area is 296 Å². The molecule has 2 aliphatic heterocycles. The van der Waals surface area contributed by atoms with Gasteiger partial charge in [0.25, 0.3) is 5.91 Å². The molecular formula is C41H40N2O8. The number of ether oxygens (including phenoxy) is 4. The van der Waals surface area contributed by atoms with E-state index in [0.29, 0.717) is 47.7 Å². The van der Waals surface area contributed by atoms with Crippen LogP contribution in [0.25, 0.3) is 0 Å². The Morgan fingerprint density at radius 1 is 0.804 bits per heavy atom. The number of benzene rings is 4. The van der Waals surface area contributed by atoms with E-state index in [0.717, 1.165) is 11.1 Å². The number of nitrogens with zero attached hydrogens (tertiary/aromatic N) is 1. The number of nitrogens with one attached hydrogen (secondary N) is 1. The van der Waals surface area contributed by atoms with E-state index in [1.54, 1.807) is 91.0 Å². The topological polar surface area (TPSA) is 124 Å². The van der Waals surface area contributed by atoms with Gasteiger partial charge in [0, 0.05) is 36.2 Å². The first-order valence-electron chi connectivity index (χ1n) is 16.8. The molecule has 10 heteroatoms. The van der Waals surface area contributed by atoms with Gasteiger partial charge in [0.05, 0.1) is 17.6 Å². The molecule has 51 heavy (non-hydrogen) atoms. The van der Waals surface area contributed by atoms with E-state index >= 15 is 0 Å². The summed E-state index contributed by atoms with van der Waals surface area (Å²) in [6.45, 7) is 8.74. The first-order chi connectivity index (χ1) is 24.9. The molecule has 0 saturated carbocycles. The van der Waals surface area contributed by atoms with Crippen LogP contribution in [0.1, 0.15) is 56.0 Å².